The fourth-order valence-electron chi connectivity index (χ4n) is 2.19. The van der Waals surface area contributed by atoms with E-state index in [0.29, 0.717) is 5.88 Å². The van der Waals surface area contributed by atoms with Gasteiger partial charge in [0.1, 0.15) is 0 Å². The Bertz CT molecular complexity index is 702. The lowest BCUT2D eigenvalue weighted by molar-refractivity contribution is 1.45. The standard InChI is InChI=1S/C15H10Cl2/c16-9-14-13-8-11-4-2-1-3-10(11)7-12(13)5-6-15(14)17/h1-8H,9H2. The Kier molecular flexibility index (Phi) is 2.70. The first kappa shape index (κ1) is 10.9. The van der Waals surface area contributed by atoms with Crippen LogP contribution in [-0.2, 0) is 5.88 Å². The molecule has 3 aromatic carbocycles. The van der Waals surface area contributed by atoms with Gasteiger partial charge in [-0.2, -0.15) is 0 Å². The van der Waals surface area contributed by atoms with E-state index in [2.05, 4.69) is 24.3 Å². The maximum absolute atomic E-state index is 6.17. The van der Waals surface area contributed by atoms with Gasteiger partial charge in [0.15, 0.2) is 0 Å². The van der Waals surface area contributed by atoms with Crippen molar-refractivity contribution in [1.82, 2.24) is 0 Å². The molecule has 0 heterocycles. The molecule has 84 valence electrons. The van der Waals surface area contributed by atoms with Gasteiger partial charge in [0, 0.05) is 10.9 Å². The molecule has 0 aromatic heterocycles. The van der Waals surface area contributed by atoms with Crippen LogP contribution in [0.25, 0.3) is 21.5 Å². The molecule has 0 spiro atoms. The molecule has 0 amide bonds. The quantitative estimate of drug-likeness (QED) is 0.407. The average molecular weight is 261 g/mol. The van der Waals surface area contributed by atoms with Crippen LogP contribution in [0.5, 0.6) is 0 Å². The summed E-state index contributed by atoms with van der Waals surface area (Å²) in [5, 5.41) is 5.52. The summed E-state index contributed by atoms with van der Waals surface area (Å²) < 4.78 is 0. The first-order valence-electron chi connectivity index (χ1n) is 5.45. The van der Waals surface area contributed by atoms with Gasteiger partial charge in [-0.3, -0.25) is 0 Å². The number of rotatable bonds is 1. The SMILES string of the molecule is ClCc1c(Cl)ccc2cc3ccccc3cc12. The molecule has 0 aliphatic carbocycles. The molecule has 0 N–H and O–H groups in total. The molecule has 0 saturated carbocycles. The van der Waals surface area contributed by atoms with Crippen LogP contribution in [0.2, 0.25) is 5.02 Å². The molecule has 0 fully saturated rings. The van der Waals surface area contributed by atoms with Crippen molar-refractivity contribution in [2.45, 2.75) is 5.88 Å². The van der Waals surface area contributed by atoms with Crippen LogP contribution in [0.15, 0.2) is 48.5 Å². The van der Waals surface area contributed by atoms with Crippen LogP contribution in [0, 0.1) is 0 Å². The highest BCUT2D eigenvalue weighted by molar-refractivity contribution is 6.33. The lowest BCUT2D eigenvalue weighted by Crippen LogP contribution is -1.85. The highest BCUT2D eigenvalue weighted by atomic mass is 35.5. The Morgan fingerprint density at radius 2 is 1.53 bits per heavy atom. The maximum atomic E-state index is 6.17. The van der Waals surface area contributed by atoms with Gasteiger partial charge in [-0.25, -0.2) is 0 Å². The topological polar surface area (TPSA) is 0 Å². The van der Waals surface area contributed by atoms with Crippen molar-refractivity contribution in [2.75, 3.05) is 0 Å². The summed E-state index contributed by atoms with van der Waals surface area (Å²) in [5.41, 5.74) is 1.01. The van der Waals surface area contributed by atoms with Gasteiger partial charge >= 0.3 is 0 Å². The molecular formula is C15H10Cl2. The molecule has 0 saturated heterocycles. The molecule has 0 bridgehead atoms. The highest BCUT2D eigenvalue weighted by Gasteiger charge is 2.06. The third kappa shape index (κ3) is 1.78. The average Bonchev–Trinajstić information content (AvgIpc) is 2.36. The molecule has 0 aliphatic rings. The smallest absolute Gasteiger partial charge is 0.0495 e. The van der Waals surface area contributed by atoms with Crippen molar-refractivity contribution in [3.8, 4) is 0 Å². The predicted octanol–water partition coefficient (Wildman–Crippen LogP) is 5.39. The Hall–Kier alpha value is -1.24. The minimum absolute atomic E-state index is 0.439. The summed E-state index contributed by atoms with van der Waals surface area (Å²) in [6.45, 7) is 0. The summed E-state index contributed by atoms with van der Waals surface area (Å²) >= 11 is 12.1. The third-order valence-electron chi connectivity index (χ3n) is 3.07. The fraction of sp³-hybridized carbons (Fsp3) is 0.0667. The van der Waals surface area contributed by atoms with Crippen molar-refractivity contribution >= 4 is 44.7 Å². The fourth-order valence-corrected chi connectivity index (χ4v) is 2.77. The monoisotopic (exact) mass is 260 g/mol. The summed E-state index contributed by atoms with van der Waals surface area (Å²) in [5.74, 6) is 0.439. The second-order valence-corrected chi connectivity index (χ2v) is 4.75. The lowest BCUT2D eigenvalue weighted by Gasteiger charge is -2.08. The van der Waals surface area contributed by atoms with Gasteiger partial charge in [-0.05, 0) is 45.3 Å². The van der Waals surface area contributed by atoms with Crippen molar-refractivity contribution in [1.29, 1.82) is 0 Å². The van der Waals surface area contributed by atoms with Crippen LogP contribution < -0.4 is 0 Å². The van der Waals surface area contributed by atoms with E-state index in [4.69, 9.17) is 23.2 Å². The zero-order chi connectivity index (χ0) is 11.8. The first-order chi connectivity index (χ1) is 8.29. The molecule has 0 aliphatic heterocycles. The molecule has 0 nitrogen and oxygen atoms in total. The van der Waals surface area contributed by atoms with Gasteiger partial charge in [0.25, 0.3) is 0 Å². The normalized spacial score (nSPS) is 11.2. The molecule has 0 unspecified atom stereocenters. The van der Waals surface area contributed by atoms with Crippen LogP contribution in [0.3, 0.4) is 0 Å². The lowest BCUT2D eigenvalue weighted by atomic mass is 10.0. The largest absolute Gasteiger partial charge is 0.121 e. The number of alkyl halides is 1. The Balaban J connectivity index is 2.47. The summed E-state index contributed by atoms with van der Waals surface area (Å²) in [4.78, 5) is 0. The maximum Gasteiger partial charge on any atom is 0.0495 e. The molecule has 2 heteroatoms. The summed E-state index contributed by atoms with van der Waals surface area (Å²) in [7, 11) is 0. The molecule has 17 heavy (non-hydrogen) atoms. The van der Waals surface area contributed by atoms with Crippen LogP contribution in [0.4, 0.5) is 0 Å². The molecule has 3 rings (SSSR count). The number of hydrogen-bond acceptors (Lipinski definition) is 0. The van der Waals surface area contributed by atoms with E-state index in [1.165, 1.54) is 16.2 Å². The van der Waals surface area contributed by atoms with E-state index in [-0.39, 0.29) is 0 Å². The molecule has 0 radical (unpaired) electrons. The van der Waals surface area contributed by atoms with Gasteiger partial charge in [-0.15, -0.1) is 11.6 Å². The highest BCUT2D eigenvalue weighted by Crippen LogP contribution is 2.30. The van der Waals surface area contributed by atoms with E-state index in [1.54, 1.807) is 0 Å². The Labute approximate surface area is 110 Å². The zero-order valence-corrected chi connectivity index (χ0v) is 10.6. The van der Waals surface area contributed by atoms with E-state index < -0.39 is 0 Å². The number of halogens is 2. The molecule has 0 atom stereocenters. The number of hydrogen-bond donors (Lipinski definition) is 0. The second kappa shape index (κ2) is 4.21. The Morgan fingerprint density at radius 3 is 2.24 bits per heavy atom. The third-order valence-corrected chi connectivity index (χ3v) is 3.70. The minimum Gasteiger partial charge on any atom is -0.121 e. The van der Waals surface area contributed by atoms with E-state index >= 15 is 0 Å². The number of fused-ring (bicyclic) bond motifs is 2. The summed E-state index contributed by atoms with van der Waals surface area (Å²) in [6.07, 6.45) is 0. The van der Waals surface area contributed by atoms with Crippen molar-refractivity contribution in [3.05, 3.63) is 59.1 Å². The van der Waals surface area contributed by atoms with E-state index in [1.807, 2.05) is 24.3 Å². The van der Waals surface area contributed by atoms with Crippen LogP contribution in [0.1, 0.15) is 5.56 Å². The van der Waals surface area contributed by atoms with E-state index in [0.717, 1.165) is 16.0 Å². The molecular weight excluding hydrogens is 251 g/mol. The van der Waals surface area contributed by atoms with Crippen molar-refractivity contribution in [2.24, 2.45) is 0 Å². The van der Waals surface area contributed by atoms with E-state index in [9.17, 15) is 0 Å². The van der Waals surface area contributed by atoms with Gasteiger partial charge < -0.3 is 0 Å². The number of benzene rings is 3. The van der Waals surface area contributed by atoms with Crippen LogP contribution >= 0.6 is 23.2 Å². The van der Waals surface area contributed by atoms with Crippen molar-refractivity contribution in [3.63, 3.8) is 0 Å². The minimum atomic E-state index is 0.439. The van der Waals surface area contributed by atoms with Crippen molar-refractivity contribution < 1.29 is 0 Å². The Morgan fingerprint density at radius 1 is 0.824 bits per heavy atom. The second-order valence-electron chi connectivity index (χ2n) is 4.08. The first-order valence-corrected chi connectivity index (χ1v) is 6.37. The zero-order valence-electron chi connectivity index (χ0n) is 9.08. The van der Waals surface area contributed by atoms with Gasteiger partial charge in [-0.1, -0.05) is 41.9 Å². The molecule has 3 aromatic rings. The van der Waals surface area contributed by atoms with Crippen LogP contribution in [-0.4, -0.2) is 0 Å². The van der Waals surface area contributed by atoms with Gasteiger partial charge in [0.05, 0.1) is 0 Å². The van der Waals surface area contributed by atoms with Gasteiger partial charge in [0.2, 0.25) is 0 Å². The summed E-state index contributed by atoms with van der Waals surface area (Å²) in [6, 6.07) is 16.6. The predicted molar refractivity (Wildman–Crippen MR) is 76.0 cm³/mol.